The van der Waals surface area contributed by atoms with E-state index in [9.17, 15) is 4.39 Å². The SMILES string of the molecule is NCC1CCCc2sc(Cc3cccc(Cl)c3F)nc21. The molecule has 1 aromatic carbocycles. The largest absolute Gasteiger partial charge is 0.330 e. The molecule has 0 bridgehead atoms. The monoisotopic (exact) mass is 310 g/mol. The van der Waals surface area contributed by atoms with Gasteiger partial charge in [0.05, 0.1) is 15.7 Å². The summed E-state index contributed by atoms with van der Waals surface area (Å²) in [7, 11) is 0. The summed E-state index contributed by atoms with van der Waals surface area (Å²) >= 11 is 7.51. The number of halogens is 2. The second-order valence-corrected chi connectivity index (χ2v) is 6.71. The Hall–Kier alpha value is -0.970. The normalized spacial score (nSPS) is 18.1. The molecule has 1 unspecified atom stereocenters. The zero-order chi connectivity index (χ0) is 14.1. The van der Waals surface area contributed by atoms with Gasteiger partial charge in [-0.15, -0.1) is 11.3 Å². The fraction of sp³-hybridized carbons (Fsp3) is 0.400. The third kappa shape index (κ3) is 2.60. The van der Waals surface area contributed by atoms with Crippen LogP contribution in [0.15, 0.2) is 18.2 Å². The van der Waals surface area contributed by atoms with Gasteiger partial charge < -0.3 is 5.73 Å². The first-order valence-electron chi connectivity index (χ1n) is 6.80. The van der Waals surface area contributed by atoms with Gasteiger partial charge in [0.25, 0.3) is 0 Å². The second-order valence-electron chi connectivity index (χ2n) is 5.13. The predicted octanol–water partition coefficient (Wildman–Crippen LogP) is 3.91. The molecule has 2 nitrogen and oxygen atoms in total. The van der Waals surface area contributed by atoms with Crippen molar-refractivity contribution in [3.05, 3.63) is 50.2 Å². The van der Waals surface area contributed by atoms with E-state index in [2.05, 4.69) is 0 Å². The number of aryl methyl sites for hydroxylation is 1. The van der Waals surface area contributed by atoms with E-state index in [-0.39, 0.29) is 10.8 Å². The van der Waals surface area contributed by atoms with Crippen molar-refractivity contribution in [1.29, 1.82) is 0 Å². The van der Waals surface area contributed by atoms with Crippen LogP contribution >= 0.6 is 22.9 Å². The molecule has 0 radical (unpaired) electrons. The van der Waals surface area contributed by atoms with E-state index >= 15 is 0 Å². The van der Waals surface area contributed by atoms with Crippen LogP contribution in [-0.4, -0.2) is 11.5 Å². The predicted molar refractivity (Wildman–Crippen MR) is 81.1 cm³/mol. The quantitative estimate of drug-likeness (QED) is 0.933. The van der Waals surface area contributed by atoms with Gasteiger partial charge in [-0.05, 0) is 30.9 Å². The molecule has 0 amide bonds. The molecule has 2 N–H and O–H groups in total. The van der Waals surface area contributed by atoms with Crippen LogP contribution in [0.4, 0.5) is 4.39 Å². The number of hydrogen-bond acceptors (Lipinski definition) is 3. The zero-order valence-electron chi connectivity index (χ0n) is 11.0. The van der Waals surface area contributed by atoms with Crippen LogP contribution in [0.1, 0.15) is 39.9 Å². The molecular formula is C15H16ClFN2S. The van der Waals surface area contributed by atoms with Crippen molar-refractivity contribution in [2.24, 2.45) is 5.73 Å². The Bertz CT molecular complexity index is 626. The molecule has 0 aliphatic heterocycles. The van der Waals surface area contributed by atoms with Crippen LogP contribution in [0, 0.1) is 5.82 Å². The van der Waals surface area contributed by atoms with Crippen LogP contribution in [0.5, 0.6) is 0 Å². The maximum absolute atomic E-state index is 13.9. The minimum atomic E-state index is -0.335. The van der Waals surface area contributed by atoms with E-state index < -0.39 is 0 Å². The summed E-state index contributed by atoms with van der Waals surface area (Å²) in [6, 6.07) is 5.11. The molecule has 1 aliphatic carbocycles. The van der Waals surface area contributed by atoms with Crippen molar-refractivity contribution in [2.75, 3.05) is 6.54 Å². The average molecular weight is 311 g/mol. The zero-order valence-corrected chi connectivity index (χ0v) is 12.6. The minimum Gasteiger partial charge on any atom is -0.330 e. The molecule has 1 aliphatic rings. The van der Waals surface area contributed by atoms with Crippen molar-refractivity contribution in [1.82, 2.24) is 4.98 Å². The second kappa shape index (κ2) is 5.80. The summed E-state index contributed by atoms with van der Waals surface area (Å²) in [5, 5.41) is 1.13. The van der Waals surface area contributed by atoms with Gasteiger partial charge in [-0.1, -0.05) is 23.7 Å². The van der Waals surface area contributed by atoms with Gasteiger partial charge >= 0.3 is 0 Å². The lowest BCUT2D eigenvalue weighted by atomic mass is 9.91. The van der Waals surface area contributed by atoms with Crippen LogP contribution in [0.2, 0.25) is 5.02 Å². The van der Waals surface area contributed by atoms with E-state index in [0.717, 1.165) is 23.5 Å². The topological polar surface area (TPSA) is 38.9 Å². The molecule has 1 atom stereocenters. The first kappa shape index (κ1) is 14.0. The minimum absolute atomic E-state index is 0.170. The number of thiazole rings is 1. The average Bonchev–Trinajstić information content (AvgIpc) is 2.86. The molecule has 5 heteroatoms. The summed E-state index contributed by atoms with van der Waals surface area (Å²) in [6.07, 6.45) is 3.85. The molecule has 20 heavy (non-hydrogen) atoms. The Balaban J connectivity index is 1.89. The molecule has 3 rings (SSSR count). The Morgan fingerprint density at radius 2 is 2.30 bits per heavy atom. The third-order valence-corrected chi connectivity index (χ3v) is 5.20. The first-order chi connectivity index (χ1) is 9.69. The highest BCUT2D eigenvalue weighted by Crippen LogP contribution is 2.35. The van der Waals surface area contributed by atoms with Crippen LogP contribution in [-0.2, 0) is 12.8 Å². The van der Waals surface area contributed by atoms with E-state index in [0.29, 0.717) is 24.4 Å². The van der Waals surface area contributed by atoms with Crippen molar-refractivity contribution < 1.29 is 4.39 Å². The van der Waals surface area contributed by atoms with Gasteiger partial charge in [0.1, 0.15) is 5.82 Å². The third-order valence-electron chi connectivity index (χ3n) is 3.77. The molecule has 2 aromatic rings. The highest BCUT2D eigenvalue weighted by Gasteiger charge is 2.23. The van der Waals surface area contributed by atoms with Gasteiger partial charge in [0.15, 0.2) is 0 Å². The number of aromatic nitrogens is 1. The van der Waals surface area contributed by atoms with Crippen molar-refractivity contribution in [3.8, 4) is 0 Å². The van der Waals surface area contributed by atoms with Crippen LogP contribution in [0.25, 0.3) is 0 Å². The smallest absolute Gasteiger partial charge is 0.145 e. The van der Waals surface area contributed by atoms with Gasteiger partial charge in [0.2, 0.25) is 0 Å². The lowest BCUT2D eigenvalue weighted by Gasteiger charge is -2.18. The number of hydrogen-bond donors (Lipinski definition) is 1. The number of benzene rings is 1. The highest BCUT2D eigenvalue weighted by atomic mass is 35.5. The molecular weight excluding hydrogens is 295 g/mol. The number of nitrogens with zero attached hydrogens (tertiary/aromatic N) is 1. The fourth-order valence-corrected chi connectivity index (χ4v) is 4.12. The molecule has 0 spiro atoms. The maximum Gasteiger partial charge on any atom is 0.145 e. The summed E-state index contributed by atoms with van der Waals surface area (Å²) < 4.78 is 13.9. The highest BCUT2D eigenvalue weighted by molar-refractivity contribution is 7.11. The first-order valence-corrected chi connectivity index (χ1v) is 8.00. The fourth-order valence-electron chi connectivity index (χ4n) is 2.71. The Morgan fingerprint density at radius 1 is 1.45 bits per heavy atom. The van der Waals surface area contributed by atoms with Gasteiger partial charge in [-0.3, -0.25) is 0 Å². The summed E-state index contributed by atoms with van der Waals surface area (Å²) in [5.41, 5.74) is 7.56. The van der Waals surface area contributed by atoms with Crippen molar-refractivity contribution in [3.63, 3.8) is 0 Å². The van der Waals surface area contributed by atoms with Crippen LogP contribution in [0.3, 0.4) is 0 Å². The molecule has 0 fully saturated rings. The number of rotatable bonds is 3. The molecule has 0 saturated carbocycles. The van der Waals surface area contributed by atoms with E-state index in [1.54, 1.807) is 29.5 Å². The molecule has 1 aromatic heterocycles. The molecule has 106 valence electrons. The van der Waals surface area contributed by atoms with Gasteiger partial charge in [0, 0.05) is 23.8 Å². The van der Waals surface area contributed by atoms with E-state index in [1.165, 1.54) is 11.3 Å². The van der Waals surface area contributed by atoms with Gasteiger partial charge in [-0.2, -0.15) is 0 Å². The van der Waals surface area contributed by atoms with Crippen LogP contribution < -0.4 is 5.73 Å². The lowest BCUT2D eigenvalue weighted by Crippen LogP contribution is -2.17. The number of fused-ring (bicyclic) bond motifs is 1. The summed E-state index contributed by atoms with van der Waals surface area (Å²) in [6.45, 7) is 0.641. The maximum atomic E-state index is 13.9. The Kier molecular flexibility index (Phi) is 4.06. The Morgan fingerprint density at radius 3 is 3.10 bits per heavy atom. The molecule has 1 heterocycles. The van der Waals surface area contributed by atoms with E-state index in [1.807, 2.05) is 0 Å². The standard InChI is InChI=1S/C15H16ClFN2S/c16-11-5-1-3-9(14(11)17)7-13-19-15-10(8-18)4-2-6-12(15)20-13/h1,3,5,10H,2,4,6-8,18H2. The summed E-state index contributed by atoms with van der Waals surface area (Å²) in [5.74, 6) is 0.0330. The Labute approximate surface area is 126 Å². The van der Waals surface area contributed by atoms with Crippen molar-refractivity contribution >= 4 is 22.9 Å². The van der Waals surface area contributed by atoms with Crippen molar-refractivity contribution in [2.45, 2.75) is 31.6 Å². The molecule has 0 saturated heterocycles. The lowest BCUT2D eigenvalue weighted by molar-refractivity contribution is 0.553. The summed E-state index contributed by atoms with van der Waals surface area (Å²) in [4.78, 5) is 6.02. The number of nitrogens with two attached hydrogens (primary N) is 1. The van der Waals surface area contributed by atoms with Gasteiger partial charge in [-0.25, -0.2) is 9.37 Å². The van der Waals surface area contributed by atoms with E-state index in [4.69, 9.17) is 22.3 Å².